The standard InChI is InChI=1S/C19H17N2O2/c1-15-12-18(21(22)23)9-10-19(15)20-11-5-8-17(14-20)13-16-6-3-2-4-7-16/h2-12,14H,13H2,1H3/q+1. The second-order valence-corrected chi connectivity index (χ2v) is 5.51. The Morgan fingerprint density at radius 3 is 2.43 bits per heavy atom. The van der Waals surface area contributed by atoms with Crippen molar-refractivity contribution >= 4 is 5.69 Å². The number of hydrogen-bond acceptors (Lipinski definition) is 2. The van der Waals surface area contributed by atoms with Crippen LogP contribution in [-0.2, 0) is 6.42 Å². The molecule has 0 unspecified atom stereocenters. The lowest BCUT2D eigenvalue weighted by Crippen LogP contribution is -2.31. The number of pyridine rings is 1. The smallest absolute Gasteiger partial charge is 0.258 e. The zero-order valence-corrected chi connectivity index (χ0v) is 12.8. The predicted octanol–water partition coefficient (Wildman–Crippen LogP) is 3.77. The van der Waals surface area contributed by atoms with Crippen molar-refractivity contribution in [2.75, 3.05) is 0 Å². The van der Waals surface area contributed by atoms with E-state index in [0.717, 1.165) is 17.7 Å². The van der Waals surface area contributed by atoms with Gasteiger partial charge in [-0.2, -0.15) is 4.57 Å². The summed E-state index contributed by atoms with van der Waals surface area (Å²) in [4.78, 5) is 10.5. The summed E-state index contributed by atoms with van der Waals surface area (Å²) in [6.07, 6.45) is 4.89. The van der Waals surface area contributed by atoms with E-state index in [1.165, 1.54) is 11.1 Å². The van der Waals surface area contributed by atoms with Gasteiger partial charge in [-0.15, -0.1) is 0 Å². The minimum Gasteiger partial charge on any atom is -0.258 e. The van der Waals surface area contributed by atoms with Crippen LogP contribution in [0.25, 0.3) is 5.69 Å². The van der Waals surface area contributed by atoms with Gasteiger partial charge in [-0.1, -0.05) is 30.3 Å². The van der Waals surface area contributed by atoms with Gasteiger partial charge in [0.2, 0.25) is 5.69 Å². The zero-order valence-electron chi connectivity index (χ0n) is 12.8. The van der Waals surface area contributed by atoms with E-state index in [4.69, 9.17) is 0 Å². The first-order valence-electron chi connectivity index (χ1n) is 7.43. The van der Waals surface area contributed by atoms with Crippen LogP contribution in [0.5, 0.6) is 0 Å². The maximum atomic E-state index is 10.9. The van der Waals surface area contributed by atoms with E-state index in [9.17, 15) is 10.1 Å². The number of hydrogen-bond donors (Lipinski definition) is 0. The normalized spacial score (nSPS) is 10.5. The second-order valence-electron chi connectivity index (χ2n) is 5.51. The van der Waals surface area contributed by atoms with Gasteiger partial charge in [-0.05, 0) is 18.6 Å². The average Bonchev–Trinajstić information content (AvgIpc) is 2.56. The van der Waals surface area contributed by atoms with E-state index in [2.05, 4.69) is 24.4 Å². The molecule has 0 bridgehead atoms. The first-order chi connectivity index (χ1) is 11.1. The van der Waals surface area contributed by atoms with Gasteiger partial charge in [-0.25, -0.2) is 0 Å². The lowest BCUT2D eigenvalue weighted by molar-refractivity contribution is -0.596. The number of aromatic nitrogens is 1. The molecule has 2 aromatic carbocycles. The summed E-state index contributed by atoms with van der Waals surface area (Å²) < 4.78 is 2.01. The monoisotopic (exact) mass is 305 g/mol. The molecular formula is C19H17N2O2+. The molecule has 4 heteroatoms. The fourth-order valence-electron chi connectivity index (χ4n) is 2.65. The van der Waals surface area contributed by atoms with Crippen LogP contribution >= 0.6 is 0 Å². The molecule has 23 heavy (non-hydrogen) atoms. The maximum absolute atomic E-state index is 10.9. The topological polar surface area (TPSA) is 47.0 Å². The molecule has 0 aliphatic carbocycles. The quantitative estimate of drug-likeness (QED) is 0.418. The summed E-state index contributed by atoms with van der Waals surface area (Å²) in [5, 5.41) is 10.9. The van der Waals surface area contributed by atoms with Crippen LogP contribution in [0.2, 0.25) is 0 Å². The van der Waals surface area contributed by atoms with Crippen LogP contribution in [-0.4, -0.2) is 4.92 Å². The molecule has 0 aliphatic heterocycles. The van der Waals surface area contributed by atoms with Gasteiger partial charge < -0.3 is 0 Å². The van der Waals surface area contributed by atoms with Gasteiger partial charge in [0.25, 0.3) is 5.69 Å². The average molecular weight is 305 g/mol. The Hall–Kier alpha value is -3.01. The van der Waals surface area contributed by atoms with Crippen molar-refractivity contribution < 1.29 is 9.49 Å². The van der Waals surface area contributed by atoms with Crippen molar-refractivity contribution in [2.24, 2.45) is 0 Å². The summed E-state index contributed by atoms with van der Waals surface area (Å²) in [6.45, 7) is 1.89. The van der Waals surface area contributed by atoms with Crippen molar-refractivity contribution in [3.05, 3.63) is 99.9 Å². The van der Waals surface area contributed by atoms with Gasteiger partial charge in [-0.3, -0.25) is 10.1 Å². The van der Waals surface area contributed by atoms with Crippen LogP contribution in [0.1, 0.15) is 16.7 Å². The van der Waals surface area contributed by atoms with E-state index < -0.39 is 0 Å². The van der Waals surface area contributed by atoms with E-state index in [-0.39, 0.29) is 10.6 Å². The van der Waals surface area contributed by atoms with E-state index in [1.807, 2.05) is 42.0 Å². The van der Waals surface area contributed by atoms with Gasteiger partial charge >= 0.3 is 0 Å². The number of nitro benzene ring substituents is 1. The SMILES string of the molecule is Cc1cc([N+](=O)[O-])ccc1-[n+]1cccc(Cc2ccccc2)c1. The fraction of sp³-hybridized carbons (Fsp3) is 0.105. The molecule has 0 saturated heterocycles. The van der Waals surface area contributed by atoms with Gasteiger partial charge in [0.05, 0.1) is 4.92 Å². The van der Waals surface area contributed by atoms with Crippen molar-refractivity contribution in [1.29, 1.82) is 0 Å². The number of benzene rings is 2. The number of non-ortho nitro benzene ring substituents is 1. The molecule has 3 rings (SSSR count). The minimum atomic E-state index is -0.368. The minimum absolute atomic E-state index is 0.118. The summed E-state index contributed by atoms with van der Waals surface area (Å²) in [5.74, 6) is 0. The molecule has 0 fully saturated rings. The Balaban J connectivity index is 1.92. The summed E-state index contributed by atoms with van der Waals surface area (Å²) >= 11 is 0. The molecule has 0 amide bonds. The molecule has 0 radical (unpaired) electrons. The Morgan fingerprint density at radius 1 is 1.00 bits per heavy atom. The number of nitro groups is 1. The van der Waals surface area contributed by atoms with Crippen molar-refractivity contribution in [2.45, 2.75) is 13.3 Å². The lowest BCUT2D eigenvalue weighted by Gasteiger charge is -2.03. The Labute approximate surface area is 134 Å². The van der Waals surface area contributed by atoms with Crippen LogP contribution in [0.4, 0.5) is 5.69 Å². The third kappa shape index (κ3) is 3.43. The molecule has 0 spiro atoms. The predicted molar refractivity (Wildman–Crippen MR) is 88.6 cm³/mol. The molecule has 0 N–H and O–H groups in total. The Morgan fingerprint density at radius 2 is 1.74 bits per heavy atom. The molecule has 0 atom stereocenters. The Kier molecular flexibility index (Phi) is 4.15. The van der Waals surface area contributed by atoms with Gasteiger partial charge in [0, 0.05) is 41.8 Å². The van der Waals surface area contributed by atoms with Crippen LogP contribution < -0.4 is 4.57 Å². The molecule has 3 aromatic rings. The van der Waals surface area contributed by atoms with Gasteiger partial charge in [0.1, 0.15) is 0 Å². The molecular weight excluding hydrogens is 288 g/mol. The highest BCUT2D eigenvalue weighted by molar-refractivity contribution is 5.43. The highest BCUT2D eigenvalue weighted by Crippen LogP contribution is 2.17. The third-order valence-corrected chi connectivity index (χ3v) is 3.78. The zero-order chi connectivity index (χ0) is 16.2. The molecule has 4 nitrogen and oxygen atoms in total. The van der Waals surface area contributed by atoms with Crippen molar-refractivity contribution in [3.8, 4) is 5.69 Å². The number of rotatable bonds is 4. The first-order valence-corrected chi connectivity index (χ1v) is 7.43. The van der Waals surface area contributed by atoms with Gasteiger partial charge in [0.15, 0.2) is 12.4 Å². The van der Waals surface area contributed by atoms with Crippen LogP contribution in [0.3, 0.4) is 0 Å². The fourth-order valence-corrected chi connectivity index (χ4v) is 2.65. The molecule has 1 heterocycles. The van der Waals surface area contributed by atoms with Crippen LogP contribution in [0, 0.1) is 17.0 Å². The molecule has 0 saturated carbocycles. The number of aryl methyl sites for hydroxylation is 1. The van der Waals surface area contributed by atoms with E-state index in [1.54, 1.807) is 18.2 Å². The largest absolute Gasteiger partial charge is 0.270 e. The summed E-state index contributed by atoms with van der Waals surface area (Å²) in [5.41, 5.74) is 4.39. The first kappa shape index (κ1) is 14.9. The molecule has 1 aromatic heterocycles. The van der Waals surface area contributed by atoms with Crippen molar-refractivity contribution in [1.82, 2.24) is 0 Å². The van der Waals surface area contributed by atoms with E-state index in [0.29, 0.717) is 0 Å². The third-order valence-electron chi connectivity index (χ3n) is 3.78. The number of nitrogens with zero attached hydrogens (tertiary/aromatic N) is 2. The highest BCUT2D eigenvalue weighted by atomic mass is 16.6. The summed E-state index contributed by atoms with van der Waals surface area (Å²) in [6, 6.07) is 19.3. The summed E-state index contributed by atoms with van der Waals surface area (Å²) in [7, 11) is 0. The molecule has 114 valence electrons. The van der Waals surface area contributed by atoms with Crippen molar-refractivity contribution in [3.63, 3.8) is 0 Å². The van der Waals surface area contributed by atoms with Crippen LogP contribution in [0.15, 0.2) is 73.1 Å². The second kappa shape index (κ2) is 6.40. The lowest BCUT2D eigenvalue weighted by atomic mass is 10.1. The maximum Gasteiger partial charge on any atom is 0.270 e. The molecule has 0 aliphatic rings. The van der Waals surface area contributed by atoms with E-state index >= 15 is 0 Å². The Bertz CT molecular complexity index is 845. The highest BCUT2D eigenvalue weighted by Gasteiger charge is 2.15.